The zero-order valence-corrected chi connectivity index (χ0v) is 15.7. The first-order valence-corrected chi connectivity index (χ1v) is 8.33. The van der Waals surface area contributed by atoms with E-state index in [-0.39, 0.29) is 17.0 Å². The van der Waals surface area contributed by atoms with Crippen LogP contribution < -0.4 is 15.0 Å². The summed E-state index contributed by atoms with van der Waals surface area (Å²) in [6.45, 7) is 1.66. The number of nitro benzene ring substituents is 1. The van der Waals surface area contributed by atoms with Gasteiger partial charge in [0.05, 0.1) is 29.7 Å². The van der Waals surface area contributed by atoms with Crippen LogP contribution in [0.15, 0.2) is 42.5 Å². The van der Waals surface area contributed by atoms with E-state index in [1.54, 1.807) is 50.2 Å². The maximum absolute atomic E-state index is 12.7. The fraction of sp³-hybridized carbons (Fsp3) is 0.316. The molecule has 0 aromatic heterocycles. The molecule has 0 aliphatic carbocycles. The molecule has 0 spiro atoms. The van der Waals surface area contributed by atoms with Gasteiger partial charge in [-0.25, -0.2) is 0 Å². The standard InChI is InChI=1S/C19H23N3O5/c1-12(18(23)13-8-6-5-7-9-13)20-19(24)14-10-16(22(25)26)15(21(2)3)11-17(14)27-4/h5-12,18,23H,1-4H3,(H,20,24)/t12-,18+/m0/s1. The summed E-state index contributed by atoms with van der Waals surface area (Å²) in [4.78, 5) is 25.1. The molecule has 27 heavy (non-hydrogen) atoms. The predicted molar refractivity (Wildman–Crippen MR) is 102 cm³/mol. The van der Waals surface area contributed by atoms with Crippen LogP contribution in [0.3, 0.4) is 0 Å². The van der Waals surface area contributed by atoms with Crippen LogP contribution in [0.25, 0.3) is 0 Å². The minimum atomic E-state index is -0.919. The minimum Gasteiger partial charge on any atom is -0.496 e. The highest BCUT2D eigenvalue weighted by Crippen LogP contribution is 2.34. The van der Waals surface area contributed by atoms with Crippen molar-refractivity contribution in [1.82, 2.24) is 5.32 Å². The molecule has 0 aliphatic heterocycles. The van der Waals surface area contributed by atoms with Crippen LogP contribution in [0.1, 0.15) is 28.9 Å². The third-order valence-electron chi connectivity index (χ3n) is 4.19. The molecule has 2 aromatic carbocycles. The maximum atomic E-state index is 12.7. The number of benzene rings is 2. The van der Waals surface area contributed by atoms with Crippen molar-refractivity contribution < 1.29 is 19.6 Å². The number of methoxy groups -OCH3 is 1. The van der Waals surface area contributed by atoms with Gasteiger partial charge < -0.3 is 20.1 Å². The summed E-state index contributed by atoms with van der Waals surface area (Å²) >= 11 is 0. The molecule has 0 unspecified atom stereocenters. The Morgan fingerprint density at radius 3 is 2.41 bits per heavy atom. The molecule has 8 nitrogen and oxygen atoms in total. The van der Waals surface area contributed by atoms with Crippen molar-refractivity contribution >= 4 is 17.3 Å². The van der Waals surface area contributed by atoms with E-state index in [2.05, 4.69) is 5.32 Å². The Bertz CT molecular complexity index is 824. The van der Waals surface area contributed by atoms with E-state index in [9.17, 15) is 20.0 Å². The van der Waals surface area contributed by atoms with Crippen LogP contribution in [-0.2, 0) is 0 Å². The number of anilines is 1. The van der Waals surface area contributed by atoms with Gasteiger partial charge in [-0.05, 0) is 12.5 Å². The highest BCUT2D eigenvalue weighted by atomic mass is 16.6. The highest BCUT2D eigenvalue weighted by molar-refractivity contribution is 5.99. The first-order valence-electron chi connectivity index (χ1n) is 8.33. The molecule has 144 valence electrons. The van der Waals surface area contributed by atoms with Crippen molar-refractivity contribution in [2.24, 2.45) is 0 Å². The molecular formula is C19H23N3O5. The molecule has 0 bridgehead atoms. The number of aliphatic hydroxyl groups excluding tert-OH is 1. The number of hydrogen-bond donors (Lipinski definition) is 2. The third kappa shape index (κ3) is 4.53. The van der Waals surface area contributed by atoms with E-state index in [4.69, 9.17) is 4.74 Å². The maximum Gasteiger partial charge on any atom is 0.293 e. The van der Waals surface area contributed by atoms with Crippen LogP contribution >= 0.6 is 0 Å². The van der Waals surface area contributed by atoms with Crippen molar-refractivity contribution in [3.63, 3.8) is 0 Å². The number of nitrogens with zero attached hydrogens (tertiary/aromatic N) is 2. The second kappa shape index (κ2) is 8.50. The highest BCUT2D eigenvalue weighted by Gasteiger charge is 2.26. The molecule has 2 N–H and O–H groups in total. The van der Waals surface area contributed by atoms with Crippen molar-refractivity contribution in [2.45, 2.75) is 19.1 Å². The van der Waals surface area contributed by atoms with Gasteiger partial charge in [0.1, 0.15) is 11.4 Å². The fourth-order valence-electron chi connectivity index (χ4n) is 2.71. The van der Waals surface area contributed by atoms with E-state index in [1.807, 2.05) is 6.07 Å². The summed E-state index contributed by atoms with van der Waals surface area (Å²) in [6, 6.07) is 10.9. The smallest absolute Gasteiger partial charge is 0.293 e. The third-order valence-corrected chi connectivity index (χ3v) is 4.19. The topological polar surface area (TPSA) is 105 Å². The summed E-state index contributed by atoms with van der Waals surface area (Å²) in [6.07, 6.45) is -0.919. The molecule has 2 atom stereocenters. The minimum absolute atomic E-state index is 0.0295. The second-order valence-electron chi connectivity index (χ2n) is 6.31. The molecule has 0 saturated carbocycles. The summed E-state index contributed by atoms with van der Waals surface area (Å²) in [7, 11) is 4.72. The Morgan fingerprint density at radius 2 is 1.89 bits per heavy atom. The number of nitro groups is 1. The van der Waals surface area contributed by atoms with Crippen LogP contribution in [0, 0.1) is 10.1 Å². The van der Waals surface area contributed by atoms with E-state index in [0.717, 1.165) is 0 Å². The van der Waals surface area contributed by atoms with Crippen LogP contribution in [0.5, 0.6) is 5.75 Å². The normalized spacial score (nSPS) is 12.8. The van der Waals surface area contributed by atoms with Gasteiger partial charge in [-0.1, -0.05) is 30.3 Å². The second-order valence-corrected chi connectivity index (χ2v) is 6.31. The van der Waals surface area contributed by atoms with Gasteiger partial charge in [0.25, 0.3) is 11.6 Å². The molecule has 0 radical (unpaired) electrons. The summed E-state index contributed by atoms with van der Waals surface area (Å²) in [5, 5.41) is 24.5. The van der Waals surface area contributed by atoms with Crippen molar-refractivity contribution in [3.05, 3.63) is 63.7 Å². The quantitative estimate of drug-likeness (QED) is 0.571. The van der Waals surface area contributed by atoms with Crippen LogP contribution in [0.4, 0.5) is 11.4 Å². The Labute approximate surface area is 157 Å². The predicted octanol–water partition coefficient (Wildman–Crippen LogP) is 2.52. The number of hydrogen-bond acceptors (Lipinski definition) is 6. The van der Waals surface area contributed by atoms with Gasteiger partial charge in [0, 0.05) is 26.2 Å². The molecule has 0 heterocycles. The molecule has 0 aliphatic rings. The average molecular weight is 373 g/mol. The van der Waals surface area contributed by atoms with E-state index in [1.165, 1.54) is 19.2 Å². The van der Waals surface area contributed by atoms with E-state index >= 15 is 0 Å². The number of rotatable bonds is 7. The molecule has 8 heteroatoms. The van der Waals surface area contributed by atoms with Gasteiger partial charge in [-0.3, -0.25) is 14.9 Å². The number of aliphatic hydroxyl groups is 1. The lowest BCUT2D eigenvalue weighted by Gasteiger charge is -2.22. The number of ether oxygens (including phenoxy) is 1. The average Bonchev–Trinajstić information content (AvgIpc) is 2.66. The first kappa shape index (κ1) is 20.2. The monoisotopic (exact) mass is 373 g/mol. The summed E-state index contributed by atoms with van der Waals surface area (Å²) in [5.41, 5.74) is 0.807. The van der Waals surface area contributed by atoms with Gasteiger partial charge in [0.2, 0.25) is 0 Å². The van der Waals surface area contributed by atoms with E-state index in [0.29, 0.717) is 11.3 Å². The Kier molecular flexibility index (Phi) is 6.36. The zero-order valence-electron chi connectivity index (χ0n) is 15.7. The molecule has 2 rings (SSSR count). The number of amides is 1. The number of nitrogens with one attached hydrogen (secondary N) is 1. The molecule has 2 aromatic rings. The van der Waals surface area contributed by atoms with Gasteiger partial charge in [-0.15, -0.1) is 0 Å². The Morgan fingerprint density at radius 1 is 1.26 bits per heavy atom. The van der Waals surface area contributed by atoms with Crippen molar-refractivity contribution in [2.75, 3.05) is 26.1 Å². The molecular weight excluding hydrogens is 350 g/mol. The lowest BCUT2D eigenvalue weighted by atomic mass is 10.0. The van der Waals surface area contributed by atoms with Crippen LogP contribution in [0.2, 0.25) is 0 Å². The van der Waals surface area contributed by atoms with Crippen molar-refractivity contribution in [1.29, 1.82) is 0 Å². The summed E-state index contributed by atoms with van der Waals surface area (Å²) < 4.78 is 5.25. The number of carbonyl (C=O) groups is 1. The largest absolute Gasteiger partial charge is 0.496 e. The lowest BCUT2D eigenvalue weighted by molar-refractivity contribution is -0.384. The van der Waals surface area contributed by atoms with Crippen molar-refractivity contribution in [3.8, 4) is 5.75 Å². The zero-order chi connectivity index (χ0) is 20.1. The first-order chi connectivity index (χ1) is 12.8. The molecule has 0 fully saturated rings. The molecule has 1 amide bonds. The number of carbonyl (C=O) groups excluding carboxylic acids is 1. The van der Waals surface area contributed by atoms with Gasteiger partial charge in [-0.2, -0.15) is 0 Å². The van der Waals surface area contributed by atoms with Crippen LogP contribution in [-0.4, -0.2) is 43.2 Å². The SMILES string of the molecule is COc1cc(N(C)C)c([N+](=O)[O-])cc1C(=O)N[C@@H](C)[C@@H](O)c1ccccc1. The van der Waals surface area contributed by atoms with Gasteiger partial charge >= 0.3 is 0 Å². The summed E-state index contributed by atoms with van der Waals surface area (Å²) in [5.74, 6) is -0.356. The Hall–Kier alpha value is -3.13. The Balaban J connectivity index is 2.32. The fourth-order valence-corrected chi connectivity index (χ4v) is 2.71. The lowest BCUT2D eigenvalue weighted by Crippen LogP contribution is -2.37. The van der Waals surface area contributed by atoms with E-state index < -0.39 is 23.0 Å². The van der Waals surface area contributed by atoms with Gasteiger partial charge in [0.15, 0.2) is 0 Å². The molecule has 0 saturated heterocycles.